The molecule has 0 aliphatic heterocycles. The Hall–Kier alpha value is -2.26. The van der Waals surface area contributed by atoms with Crippen molar-refractivity contribution >= 4 is 22.5 Å². The molecule has 0 radical (unpaired) electrons. The first-order chi connectivity index (χ1) is 9.16. The molecule has 1 heterocycles. The van der Waals surface area contributed by atoms with Crippen LogP contribution in [0.2, 0.25) is 5.02 Å². The highest BCUT2D eigenvalue weighted by molar-refractivity contribution is 6.36. The number of rotatable bonds is 1. The molecule has 3 aromatic rings. The molecule has 4 heteroatoms. The minimum Gasteiger partial charge on any atom is -0.508 e. The summed E-state index contributed by atoms with van der Waals surface area (Å²) in [5.41, 5.74) is 1.83. The molecule has 3 rings (SSSR count). The predicted octanol–water partition coefficient (Wildman–Crippen LogP) is 3.97. The Morgan fingerprint density at radius 3 is 2.47 bits per heavy atom. The van der Waals surface area contributed by atoms with Gasteiger partial charge in [-0.3, -0.25) is 4.98 Å². The van der Waals surface area contributed by atoms with Crippen LogP contribution in [0.25, 0.3) is 22.0 Å². The number of nitrogens with zero attached hydrogens (tertiary/aromatic N) is 1. The molecule has 0 spiro atoms. The highest BCUT2D eigenvalue weighted by Gasteiger charge is 2.12. The highest BCUT2D eigenvalue weighted by Crippen LogP contribution is 2.39. The van der Waals surface area contributed by atoms with Crippen molar-refractivity contribution in [1.29, 1.82) is 0 Å². The van der Waals surface area contributed by atoms with E-state index in [1.165, 1.54) is 0 Å². The smallest absolute Gasteiger partial charge is 0.149 e. The third-order valence-corrected chi connectivity index (χ3v) is 3.31. The van der Waals surface area contributed by atoms with E-state index in [1.807, 2.05) is 6.07 Å². The zero-order valence-corrected chi connectivity index (χ0v) is 10.6. The number of fused-ring (bicyclic) bond motifs is 1. The summed E-state index contributed by atoms with van der Waals surface area (Å²) in [6.45, 7) is 0. The summed E-state index contributed by atoms with van der Waals surface area (Å²) in [6.07, 6.45) is 1.61. The number of aromatic nitrogens is 1. The maximum absolute atomic E-state index is 10.3. The van der Waals surface area contributed by atoms with E-state index in [0.29, 0.717) is 21.5 Å². The van der Waals surface area contributed by atoms with Gasteiger partial charge in [-0.25, -0.2) is 0 Å². The number of aromatic hydroxyl groups is 2. The van der Waals surface area contributed by atoms with Crippen molar-refractivity contribution in [2.75, 3.05) is 0 Å². The van der Waals surface area contributed by atoms with Gasteiger partial charge in [0, 0.05) is 17.1 Å². The lowest BCUT2D eigenvalue weighted by molar-refractivity contribution is 0.475. The molecule has 0 unspecified atom stereocenters. The highest BCUT2D eigenvalue weighted by atomic mass is 35.5. The molecule has 2 aromatic carbocycles. The van der Waals surface area contributed by atoms with Crippen LogP contribution in [0, 0.1) is 0 Å². The Balaban J connectivity index is 2.30. The van der Waals surface area contributed by atoms with Crippen LogP contribution in [0.3, 0.4) is 0 Å². The number of benzene rings is 2. The molecule has 0 fully saturated rings. The van der Waals surface area contributed by atoms with Gasteiger partial charge in [-0.1, -0.05) is 23.7 Å². The average Bonchev–Trinajstić information content (AvgIpc) is 2.44. The number of halogens is 1. The van der Waals surface area contributed by atoms with Crippen LogP contribution < -0.4 is 0 Å². The van der Waals surface area contributed by atoms with Gasteiger partial charge in [0.05, 0.1) is 5.02 Å². The van der Waals surface area contributed by atoms with E-state index in [4.69, 9.17) is 11.6 Å². The van der Waals surface area contributed by atoms with Crippen LogP contribution in [0.4, 0.5) is 0 Å². The minimum atomic E-state index is 0.0886. The fraction of sp³-hybridized carbons (Fsp3) is 0. The second-order valence-corrected chi connectivity index (χ2v) is 4.61. The zero-order valence-electron chi connectivity index (χ0n) is 9.84. The van der Waals surface area contributed by atoms with Crippen LogP contribution in [0.1, 0.15) is 0 Å². The number of pyridine rings is 1. The molecular weight excluding hydrogens is 262 g/mol. The van der Waals surface area contributed by atoms with Crippen molar-refractivity contribution in [3.8, 4) is 22.6 Å². The first kappa shape index (κ1) is 11.8. The van der Waals surface area contributed by atoms with E-state index < -0.39 is 0 Å². The van der Waals surface area contributed by atoms with Crippen molar-refractivity contribution in [2.45, 2.75) is 0 Å². The third-order valence-electron chi connectivity index (χ3n) is 2.99. The fourth-order valence-electron chi connectivity index (χ4n) is 2.05. The van der Waals surface area contributed by atoms with E-state index in [2.05, 4.69) is 4.98 Å². The molecule has 0 aliphatic rings. The molecule has 94 valence electrons. The van der Waals surface area contributed by atoms with Crippen LogP contribution in [0.5, 0.6) is 11.5 Å². The molecule has 0 aliphatic carbocycles. The SMILES string of the molecule is Oc1ccc(-c2cc(Cl)c3cccnc3c2O)cc1. The summed E-state index contributed by atoms with van der Waals surface area (Å²) in [6, 6.07) is 11.8. The van der Waals surface area contributed by atoms with Crippen molar-refractivity contribution < 1.29 is 10.2 Å². The van der Waals surface area contributed by atoms with E-state index in [0.717, 1.165) is 5.56 Å². The normalized spacial score (nSPS) is 10.8. The lowest BCUT2D eigenvalue weighted by Crippen LogP contribution is -1.85. The third kappa shape index (κ3) is 1.98. The van der Waals surface area contributed by atoms with Gasteiger partial charge in [0.15, 0.2) is 0 Å². The maximum atomic E-state index is 10.3. The lowest BCUT2D eigenvalue weighted by Gasteiger charge is -2.09. The van der Waals surface area contributed by atoms with Crippen LogP contribution in [-0.2, 0) is 0 Å². The first-order valence-electron chi connectivity index (χ1n) is 5.72. The fourth-order valence-corrected chi connectivity index (χ4v) is 2.31. The summed E-state index contributed by atoms with van der Waals surface area (Å²) in [5.74, 6) is 0.263. The standard InChI is InChI=1S/C15H10ClNO2/c16-13-8-12(9-3-5-10(18)6-4-9)15(19)14-11(13)2-1-7-17-14/h1-8,18-19H. The lowest BCUT2D eigenvalue weighted by atomic mass is 10.0. The van der Waals surface area contributed by atoms with Gasteiger partial charge in [0.2, 0.25) is 0 Å². The van der Waals surface area contributed by atoms with Crippen LogP contribution in [-0.4, -0.2) is 15.2 Å². The molecule has 0 atom stereocenters. The first-order valence-corrected chi connectivity index (χ1v) is 6.10. The molecule has 0 amide bonds. The van der Waals surface area contributed by atoms with Crippen molar-refractivity contribution in [3.63, 3.8) is 0 Å². The molecular formula is C15H10ClNO2. The number of phenols is 2. The molecule has 1 aromatic heterocycles. The van der Waals surface area contributed by atoms with Crippen LogP contribution >= 0.6 is 11.6 Å². The predicted molar refractivity (Wildman–Crippen MR) is 75.5 cm³/mol. The van der Waals surface area contributed by atoms with Gasteiger partial charge in [0.1, 0.15) is 17.0 Å². The minimum absolute atomic E-state index is 0.0886. The molecule has 2 N–H and O–H groups in total. The van der Waals surface area contributed by atoms with Gasteiger partial charge < -0.3 is 10.2 Å². The maximum Gasteiger partial charge on any atom is 0.149 e. The summed E-state index contributed by atoms with van der Waals surface area (Å²) in [5, 5.41) is 20.9. The Labute approximate surface area is 114 Å². The second kappa shape index (κ2) is 4.44. The van der Waals surface area contributed by atoms with Gasteiger partial charge in [0.25, 0.3) is 0 Å². The monoisotopic (exact) mass is 271 g/mol. The summed E-state index contributed by atoms with van der Waals surface area (Å²) in [4.78, 5) is 4.16. The Morgan fingerprint density at radius 1 is 1.00 bits per heavy atom. The van der Waals surface area contributed by atoms with E-state index in [-0.39, 0.29) is 11.5 Å². The Morgan fingerprint density at radius 2 is 1.74 bits per heavy atom. The van der Waals surface area contributed by atoms with Gasteiger partial charge in [-0.15, -0.1) is 0 Å². The second-order valence-electron chi connectivity index (χ2n) is 4.20. The molecule has 0 saturated carbocycles. The molecule has 3 nitrogen and oxygen atoms in total. The number of hydrogen-bond acceptors (Lipinski definition) is 3. The van der Waals surface area contributed by atoms with Crippen molar-refractivity contribution in [3.05, 3.63) is 53.7 Å². The van der Waals surface area contributed by atoms with Gasteiger partial charge in [-0.05, 0) is 35.9 Å². The van der Waals surface area contributed by atoms with Crippen LogP contribution in [0.15, 0.2) is 48.7 Å². The van der Waals surface area contributed by atoms with E-state index >= 15 is 0 Å². The largest absolute Gasteiger partial charge is 0.508 e. The average molecular weight is 272 g/mol. The zero-order chi connectivity index (χ0) is 13.4. The number of hydrogen-bond donors (Lipinski definition) is 2. The van der Waals surface area contributed by atoms with Crippen molar-refractivity contribution in [2.24, 2.45) is 0 Å². The molecule has 0 bridgehead atoms. The summed E-state index contributed by atoms with van der Waals surface area (Å²) < 4.78 is 0. The molecule has 19 heavy (non-hydrogen) atoms. The Kier molecular flexibility index (Phi) is 2.76. The van der Waals surface area contributed by atoms with Crippen molar-refractivity contribution in [1.82, 2.24) is 4.98 Å². The Bertz CT molecular complexity index is 754. The van der Waals surface area contributed by atoms with Gasteiger partial charge in [-0.2, -0.15) is 0 Å². The number of phenolic OH excluding ortho intramolecular Hbond substituents is 2. The topological polar surface area (TPSA) is 53.4 Å². The summed E-state index contributed by atoms with van der Waals surface area (Å²) in [7, 11) is 0. The quantitative estimate of drug-likeness (QED) is 0.704. The van der Waals surface area contributed by atoms with E-state index in [9.17, 15) is 10.2 Å². The van der Waals surface area contributed by atoms with Gasteiger partial charge >= 0.3 is 0 Å². The van der Waals surface area contributed by atoms with E-state index in [1.54, 1.807) is 42.6 Å². The summed E-state index contributed by atoms with van der Waals surface area (Å²) >= 11 is 6.21. The molecule has 0 saturated heterocycles.